The number of nitrogens with zero attached hydrogens (tertiary/aromatic N) is 1. The molecule has 0 radical (unpaired) electrons. The van der Waals surface area contributed by atoms with Crippen LogP contribution >= 0.6 is 0 Å². The summed E-state index contributed by atoms with van der Waals surface area (Å²) in [5, 5.41) is 2.80. The Morgan fingerprint density at radius 2 is 1.90 bits per heavy atom. The monoisotopic (exact) mass is 422 g/mol. The lowest BCUT2D eigenvalue weighted by molar-refractivity contribution is -0.138. The molecule has 31 heavy (non-hydrogen) atoms. The topological polar surface area (TPSA) is 75.7 Å². The lowest BCUT2D eigenvalue weighted by Crippen LogP contribution is -2.53. The molecule has 0 saturated carbocycles. The standard InChI is InChI=1S/C24H23FN2O4/c1-2-15-3-7-17(8-4-15)23(29)26-19(13-16-5-9-18(25)10-6-16)24(30)27-12-11-21-22(27)20(28)14-31-21/h2-10,19,21-22H,1,11-14H2,(H,26,29). The second-order valence-corrected chi connectivity index (χ2v) is 7.76. The Morgan fingerprint density at radius 1 is 1.19 bits per heavy atom. The molecule has 1 N–H and O–H groups in total. The Hall–Kier alpha value is -3.32. The van der Waals surface area contributed by atoms with E-state index in [-0.39, 0.29) is 36.6 Å². The number of amides is 2. The Balaban J connectivity index is 1.56. The highest BCUT2D eigenvalue weighted by Crippen LogP contribution is 2.28. The molecular weight excluding hydrogens is 399 g/mol. The number of likely N-dealkylation sites (tertiary alicyclic amines) is 1. The highest BCUT2D eigenvalue weighted by Gasteiger charge is 2.48. The Labute approximate surface area is 179 Å². The van der Waals surface area contributed by atoms with Crippen molar-refractivity contribution in [1.29, 1.82) is 0 Å². The predicted molar refractivity (Wildman–Crippen MR) is 113 cm³/mol. The van der Waals surface area contributed by atoms with E-state index in [0.717, 1.165) is 5.56 Å². The minimum Gasteiger partial charge on any atom is -0.368 e. The third-order valence-corrected chi connectivity index (χ3v) is 5.76. The van der Waals surface area contributed by atoms with Gasteiger partial charge in [0.1, 0.15) is 24.5 Å². The second-order valence-electron chi connectivity index (χ2n) is 7.76. The van der Waals surface area contributed by atoms with Crippen molar-refractivity contribution in [3.8, 4) is 0 Å². The Bertz CT molecular complexity index is 1000. The highest BCUT2D eigenvalue weighted by atomic mass is 19.1. The summed E-state index contributed by atoms with van der Waals surface area (Å²) in [6, 6.07) is 11.1. The third kappa shape index (κ3) is 4.41. The molecule has 160 valence electrons. The van der Waals surface area contributed by atoms with Crippen molar-refractivity contribution >= 4 is 23.7 Å². The molecule has 6 nitrogen and oxygen atoms in total. The number of hydrogen-bond acceptors (Lipinski definition) is 4. The lowest BCUT2D eigenvalue weighted by atomic mass is 10.0. The molecule has 0 aliphatic carbocycles. The molecule has 0 aromatic heterocycles. The van der Waals surface area contributed by atoms with E-state index in [9.17, 15) is 18.8 Å². The molecule has 3 unspecified atom stereocenters. The molecule has 2 aromatic carbocycles. The summed E-state index contributed by atoms with van der Waals surface area (Å²) in [4.78, 5) is 40.0. The van der Waals surface area contributed by atoms with Crippen LogP contribution in [0.3, 0.4) is 0 Å². The van der Waals surface area contributed by atoms with E-state index in [1.54, 1.807) is 42.5 Å². The van der Waals surface area contributed by atoms with E-state index in [1.807, 2.05) is 0 Å². The smallest absolute Gasteiger partial charge is 0.251 e. The van der Waals surface area contributed by atoms with Crippen LogP contribution in [-0.4, -0.2) is 53.8 Å². The van der Waals surface area contributed by atoms with Crippen LogP contribution in [0.1, 0.15) is 27.9 Å². The summed E-state index contributed by atoms with van der Waals surface area (Å²) in [5.74, 6) is -1.25. The van der Waals surface area contributed by atoms with Crippen molar-refractivity contribution in [3.63, 3.8) is 0 Å². The average molecular weight is 422 g/mol. The number of fused-ring (bicyclic) bond motifs is 1. The van der Waals surface area contributed by atoms with Crippen LogP contribution in [0.2, 0.25) is 0 Å². The zero-order valence-corrected chi connectivity index (χ0v) is 16.9. The number of carbonyl (C=O) groups is 3. The van der Waals surface area contributed by atoms with E-state index in [1.165, 1.54) is 17.0 Å². The number of hydrogen-bond donors (Lipinski definition) is 1. The zero-order valence-electron chi connectivity index (χ0n) is 16.9. The largest absolute Gasteiger partial charge is 0.368 e. The summed E-state index contributed by atoms with van der Waals surface area (Å²) >= 11 is 0. The maximum Gasteiger partial charge on any atom is 0.251 e. The van der Waals surface area contributed by atoms with Crippen molar-refractivity contribution in [1.82, 2.24) is 10.2 Å². The Kier molecular flexibility index (Phi) is 5.95. The number of halogens is 1. The molecule has 7 heteroatoms. The average Bonchev–Trinajstić information content (AvgIpc) is 3.37. The van der Waals surface area contributed by atoms with Gasteiger partial charge in [0.2, 0.25) is 5.91 Å². The molecule has 2 amide bonds. The van der Waals surface area contributed by atoms with Crippen molar-refractivity contribution in [2.45, 2.75) is 31.0 Å². The van der Waals surface area contributed by atoms with Crippen LogP contribution in [0.25, 0.3) is 6.08 Å². The quantitative estimate of drug-likeness (QED) is 0.776. The number of ketones is 1. The maximum atomic E-state index is 13.4. The van der Waals surface area contributed by atoms with Crippen molar-refractivity contribution in [2.75, 3.05) is 13.2 Å². The molecule has 0 bridgehead atoms. The third-order valence-electron chi connectivity index (χ3n) is 5.76. The van der Waals surface area contributed by atoms with Gasteiger partial charge in [-0.25, -0.2) is 4.39 Å². The fourth-order valence-electron chi connectivity index (χ4n) is 4.11. The summed E-state index contributed by atoms with van der Waals surface area (Å²) in [7, 11) is 0. The first-order valence-corrected chi connectivity index (χ1v) is 10.2. The van der Waals surface area contributed by atoms with Gasteiger partial charge < -0.3 is 15.0 Å². The summed E-state index contributed by atoms with van der Waals surface area (Å²) in [6.45, 7) is 4.09. The molecule has 2 saturated heterocycles. The molecule has 4 rings (SSSR count). The van der Waals surface area contributed by atoms with Crippen molar-refractivity contribution in [2.24, 2.45) is 0 Å². The fraction of sp³-hybridized carbons (Fsp3) is 0.292. The maximum absolute atomic E-state index is 13.4. The van der Waals surface area contributed by atoms with Gasteiger partial charge in [0, 0.05) is 18.5 Å². The zero-order chi connectivity index (χ0) is 22.0. The van der Waals surface area contributed by atoms with E-state index in [0.29, 0.717) is 24.1 Å². The first kappa shape index (κ1) is 20.9. The van der Waals surface area contributed by atoms with E-state index >= 15 is 0 Å². The molecule has 3 atom stereocenters. The van der Waals surface area contributed by atoms with Gasteiger partial charge in [0.15, 0.2) is 5.78 Å². The molecule has 0 spiro atoms. The fourth-order valence-corrected chi connectivity index (χ4v) is 4.11. The van der Waals surface area contributed by atoms with Gasteiger partial charge in [0.05, 0.1) is 6.10 Å². The summed E-state index contributed by atoms with van der Waals surface area (Å²) in [6.07, 6.45) is 2.15. The predicted octanol–water partition coefficient (Wildman–Crippen LogP) is 2.38. The first-order valence-electron chi connectivity index (χ1n) is 10.2. The SMILES string of the molecule is C=Cc1ccc(C(=O)NC(Cc2ccc(F)cc2)C(=O)N2CCC3OCC(=O)C32)cc1. The van der Waals surface area contributed by atoms with Crippen molar-refractivity contribution in [3.05, 3.63) is 77.6 Å². The van der Waals surface area contributed by atoms with Crippen LogP contribution in [0.15, 0.2) is 55.1 Å². The number of rotatable bonds is 6. The number of ether oxygens (including phenoxy) is 1. The van der Waals surface area contributed by atoms with E-state index in [2.05, 4.69) is 11.9 Å². The van der Waals surface area contributed by atoms with Gasteiger partial charge in [0.25, 0.3) is 5.91 Å². The second kappa shape index (κ2) is 8.81. The number of Topliss-reactive ketones (excluding diaryl/α,β-unsaturated/α-hetero) is 1. The van der Waals surface area contributed by atoms with Gasteiger partial charge >= 0.3 is 0 Å². The minimum absolute atomic E-state index is 0.00372. The molecule has 2 aromatic rings. The Morgan fingerprint density at radius 3 is 2.58 bits per heavy atom. The van der Waals surface area contributed by atoms with E-state index < -0.39 is 18.0 Å². The van der Waals surface area contributed by atoms with Gasteiger partial charge in [-0.15, -0.1) is 0 Å². The molecule has 2 aliphatic rings. The summed E-state index contributed by atoms with van der Waals surface area (Å²) < 4.78 is 18.8. The molecule has 2 aliphatic heterocycles. The number of benzene rings is 2. The van der Waals surface area contributed by atoms with Crippen LogP contribution in [0, 0.1) is 5.82 Å². The van der Waals surface area contributed by atoms with Crippen LogP contribution in [0.4, 0.5) is 4.39 Å². The minimum atomic E-state index is -0.899. The highest BCUT2D eigenvalue weighted by molar-refractivity contribution is 5.99. The first-order chi connectivity index (χ1) is 15.0. The van der Waals surface area contributed by atoms with Crippen LogP contribution in [-0.2, 0) is 20.7 Å². The van der Waals surface area contributed by atoms with Crippen molar-refractivity contribution < 1.29 is 23.5 Å². The van der Waals surface area contributed by atoms with Gasteiger partial charge in [-0.3, -0.25) is 14.4 Å². The van der Waals surface area contributed by atoms with Crippen LogP contribution < -0.4 is 5.32 Å². The normalized spacial score (nSPS) is 20.9. The van der Waals surface area contributed by atoms with E-state index in [4.69, 9.17) is 4.74 Å². The van der Waals surface area contributed by atoms with Crippen LogP contribution in [0.5, 0.6) is 0 Å². The molecule has 2 fully saturated rings. The summed E-state index contributed by atoms with van der Waals surface area (Å²) in [5.41, 5.74) is 1.98. The number of carbonyl (C=O) groups excluding carboxylic acids is 3. The molecular formula is C24H23FN2O4. The van der Waals surface area contributed by atoms with Gasteiger partial charge in [-0.1, -0.05) is 36.9 Å². The number of nitrogens with one attached hydrogen (secondary N) is 1. The molecule has 2 heterocycles. The van der Waals surface area contributed by atoms with Gasteiger partial charge in [-0.2, -0.15) is 0 Å². The van der Waals surface area contributed by atoms with Gasteiger partial charge in [-0.05, 0) is 41.8 Å². The lowest BCUT2D eigenvalue weighted by Gasteiger charge is -2.27.